The average Bonchev–Trinajstić information content (AvgIpc) is 2.05. The van der Waals surface area contributed by atoms with Gasteiger partial charge in [-0.15, -0.1) is 0 Å². The predicted molar refractivity (Wildman–Crippen MR) is 52.1 cm³/mol. The van der Waals surface area contributed by atoms with Gasteiger partial charge in [0.05, 0.1) is 0 Å². The first kappa shape index (κ1) is 10.7. The fourth-order valence-electron chi connectivity index (χ4n) is 1.19. The highest BCUT2D eigenvalue weighted by molar-refractivity contribution is 4.83. The summed E-state index contributed by atoms with van der Waals surface area (Å²) in [5.41, 5.74) is 0. The molecule has 0 nitrogen and oxygen atoms in total. The molecule has 0 amide bonds. The van der Waals surface area contributed by atoms with E-state index in [1.54, 1.807) is 0 Å². The summed E-state index contributed by atoms with van der Waals surface area (Å²) in [5.74, 6) is 0.841. The van der Waals surface area contributed by atoms with Crippen LogP contribution in [0.2, 0.25) is 0 Å². The van der Waals surface area contributed by atoms with E-state index < -0.39 is 0 Å². The van der Waals surface area contributed by atoms with Gasteiger partial charge >= 0.3 is 0 Å². The zero-order chi connectivity index (χ0) is 8.53. The summed E-state index contributed by atoms with van der Waals surface area (Å²) >= 11 is 0. The number of allylic oxidation sites excluding steroid dienone is 2. The first-order valence-corrected chi connectivity index (χ1v) is 4.58. The molecule has 1 unspecified atom stereocenters. The van der Waals surface area contributed by atoms with Crippen molar-refractivity contribution >= 4 is 0 Å². The third-order valence-corrected chi connectivity index (χ3v) is 2.14. The standard InChI is InChI=1S/C11H20/c1-4-7-8-9-10-11(5-2)6-3/h4,7,11H,1-2,5-6,8-10H2,3H3/b7-4+. The summed E-state index contributed by atoms with van der Waals surface area (Å²) in [6.07, 6.45) is 10.2. The van der Waals surface area contributed by atoms with Crippen molar-refractivity contribution < 1.29 is 0 Å². The van der Waals surface area contributed by atoms with E-state index in [0.717, 1.165) is 12.3 Å². The molecular formula is C11H20. The van der Waals surface area contributed by atoms with Gasteiger partial charge in [-0.3, -0.25) is 0 Å². The molecule has 1 atom stereocenters. The summed E-state index contributed by atoms with van der Waals surface area (Å²) in [6, 6.07) is 0. The fraction of sp³-hybridized carbons (Fsp3) is 0.636. The van der Waals surface area contributed by atoms with Crippen molar-refractivity contribution in [3.8, 4) is 0 Å². The van der Waals surface area contributed by atoms with E-state index >= 15 is 0 Å². The number of hydrogen-bond acceptors (Lipinski definition) is 0. The lowest BCUT2D eigenvalue weighted by Gasteiger charge is -2.09. The summed E-state index contributed by atoms with van der Waals surface area (Å²) < 4.78 is 0. The molecule has 0 aliphatic carbocycles. The lowest BCUT2D eigenvalue weighted by molar-refractivity contribution is 0.460. The van der Waals surface area contributed by atoms with Gasteiger partial charge in [0, 0.05) is 0 Å². The summed E-state index contributed by atoms with van der Waals surface area (Å²) in [7, 11) is 0. The monoisotopic (exact) mass is 152 g/mol. The Morgan fingerprint density at radius 3 is 2.64 bits per heavy atom. The van der Waals surface area contributed by atoms with Crippen LogP contribution in [0.1, 0.15) is 39.0 Å². The van der Waals surface area contributed by atoms with Crippen LogP contribution in [0.5, 0.6) is 0 Å². The molecule has 0 N–H and O–H groups in total. The van der Waals surface area contributed by atoms with E-state index in [1.165, 1.54) is 25.7 Å². The molecule has 2 radical (unpaired) electrons. The van der Waals surface area contributed by atoms with Crippen molar-refractivity contribution in [2.24, 2.45) is 5.92 Å². The maximum atomic E-state index is 3.93. The summed E-state index contributed by atoms with van der Waals surface area (Å²) in [4.78, 5) is 0. The molecule has 0 aliphatic rings. The van der Waals surface area contributed by atoms with Gasteiger partial charge in [-0.1, -0.05) is 45.3 Å². The summed E-state index contributed by atoms with van der Waals surface area (Å²) in [6.45, 7) is 9.82. The van der Waals surface area contributed by atoms with Gasteiger partial charge in [0.15, 0.2) is 0 Å². The smallest absolute Gasteiger partial charge is 0.0316 e. The Hall–Kier alpha value is -0.260. The second-order valence-corrected chi connectivity index (χ2v) is 2.97. The minimum absolute atomic E-state index is 0.841. The van der Waals surface area contributed by atoms with E-state index in [4.69, 9.17) is 0 Å². The first-order valence-electron chi connectivity index (χ1n) is 4.58. The molecule has 64 valence electrons. The lowest BCUT2D eigenvalue weighted by Crippen LogP contribution is -1.95. The van der Waals surface area contributed by atoms with Crippen molar-refractivity contribution in [2.45, 2.75) is 39.0 Å². The maximum Gasteiger partial charge on any atom is -0.0316 e. The van der Waals surface area contributed by atoms with Crippen molar-refractivity contribution in [3.63, 3.8) is 0 Å². The van der Waals surface area contributed by atoms with E-state index in [-0.39, 0.29) is 0 Å². The molecule has 0 spiro atoms. The highest BCUT2D eigenvalue weighted by atomic mass is 14.1. The van der Waals surface area contributed by atoms with Crippen LogP contribution < -0.4 is 0 Å². The van der Waals surface area contributed by atoms with Gasteiger partial charge in [-0.25, -0.2) is 0 Å². The molecule has 0 heterocycles. The summed E-state index contributed by atoms with van der Waals surface area (Å²) in [5, 5.41) is 0. The third kappa shape index (κ3) is 6.15. The molecule has 0 aromatic carbocycles. The number of unbranched alkanes of at least 4 members (excludes halogenated alkanes) is 1. The topological polar surface area (TPSA) is 0 Å². The Bertz CT molecular complexity index is 88.2. The minimum atomic E-state index is 0.841. The van der Waals surface area contributed by atoms with Crippen molar-refractivity contribution in [1.82, 2.24) is 0 Å². The highest BCUT2D eigenvalue weighted by Gasteiger charge is 2.00. The van der Waals surface area contributed by atoms with Crippen molar-refractivity contribution in [1.29, 1.82) is 0 Å². The van der Waals surface area contributed by atoms with Gasteiger partial charge < -0.3 is 0 Å². The molecular weight excluding hydrogens is 132 g/mol. The molecule has 0 heteroatoms. The second-order valence-electron chi connectivity index (χ2n) is 2.97. The molecule has 0 aromatic heterocycles. The van der Waals surface area contributed by atoms with E-state index in [1.807, 2.05) is 6.08 Å². The molecule has 0 saturated heterocycles. The SMILES string of the molecule is [CH2]/C=C/CCCC(C[CH2])CC. The average molecular weight is 152 g/mol. The molecule has 0 fully saturated rings. The fourth-order valence-corrected chi connectivity index (χ4v) is 1.19. The molecule has 0 aliphatic heterocycles. The number of hydrogen-bond donors (Lipinski definition) is 0. The van der Waals surface area contributed by atoms with E-state index in [9.17, 15) is 0 Å². The van der Waals surface area contributed by atoms with Gasteiger partial charge in [0.25, 0.3) is 0 Å². The van der Waals surface area contributed by atoms with Gasteiger partial charge in [0.2, 0.25) is 0 Å². The lowest BCUT2D eigenvalue weighted by atomic mass is 9.97. The Morgan fingerprint density at radius 1 is 1.45 bits per heavy atom. The van der Waals surface area contributed by atoms with Crippen LogP contribution in [0.4, 0.5) is 0 Å². The van der Waals surface area contributed by atoms with Crippen LogP contribution in [-0.4, -0.2) is 0 Å². The third-order valence-electron chi connectivity index (χ3n) is 2.14. The minimum Gasteiger partial charge on any atom is -0.0885 e. The predicted octanol–water partition coefficient (Wildman–Crippen LogP) is 3.80. The Balaban J connectivity index is 3.21. The highest BCUT2D eigenvalue weighted by Crippen LogP contribution is 2.15. The largest absolute Gasteiger partial charge is 0.0885 e. The molecule has 0 saturated carbocycles. The van der Waals surface area contributed by atoms with Crippen LogP contribution in [0, 0.1) is 19.8 Å². The second kappa shape index (κ2) is 7.84. The first-order chi connectivity index (χ1) is 5.35. The number of rotatable bonds is 6. The van der Waals surface area contributed by atoms with Gasteiger partial charge in [-0.05, 0) is 25.7 Å². The maximum absolute atomic E-state index is 3.93. The Kier molecular flexibility index (Phi) is 7.66. The molecule has 0 bridgehead atoms. The van der Waals surface area contributed by atoms with Crippen molar-refractivity contribution in [3.05, 3.63) is 26.0 Å². The van der Waals surface area contributed by atoms with Crippen LogP contribution in [-0.2, 0) is 0 Å². The van der Waals surface area contributed by atoms with E-state index in [0.29, 0.717) is 0 Å². The normalized spacial score (nSPS) is 11.6. The van der Waals surface area contributed by atoms with Crippen LogP contribution in [0.15, 0.2) is 12.2 Å². The van der Waals surface area contributed by atoms with Crippen LogP contribution >= 0.6 is 0 Å². The Morgan fingerprint density at radius 2 is 2.18 bits per heavy atom. The van der Waals surface area contributed by atoms with Crippen LogP contribution in [0.3, 0.4) is 0 Å². The quantitative estimate of drug-likeness (QED) is 0.508. The Labute approximate surface area is 71.7 Å². The zero-order valence-corrected chi connectivity index (χ0v) is 7.68. The zero-order valence-electron chi connectivity index (χ0n) is 7.68. The van der Waals surface area contributed by atoms with E-state index in [2.05, 4.69) is 26.8 Å². The molecule has 0 aromatic rings. The molecule has 11 heavy (non-hydrogen) atoms. The van der Waals surface area contributed by atoms with Crippen LogP contribution in [0.25, 0.3) is 0 Å². The van der Waals surface area contributed by atoms with Gasteiger partial charge in [0.1, 0.15) is 0 Å². The van der Waals surface area contributed by atoms with Gasteiger partial charge in [-0.2, -0.15) is 0 Å². The molecule has 0 rings (SSSR count). The van der Waals surface area contributed by atoms with Crippen molar-refractivity contribution in [2.75, 3.05) is 0 Å².